The van der Waals surface area contributed by atoms with Crippen LogP contribution in [0.4, 0.5) is 0 Å². The maximum Gasteiger partial charge on any atom is 0.248 e. The lowest BCUT2D eigenvalue weighted by Gasteiger charge is -2.14. The zero-order chi connectivity index (χ0) is 9.68. The molecule has 1 atom stereocenters. The molecule has 0 aromatic carbocycles. The number of carbonyl (C=O) groups excluding carboxylic acids is 1. The fraction of sp³-hybridized carbons (Fsp3) is 0.875. The first-order valence-corrected chi connectivity index (χ1v) is 4.47. The topological polar surface area (TPSA) is 75.8 Å². The van der Waals surface area contributed by atoms with Crippen molar-refractivity contribution >= 4 is 5.91 Å². The lowest BCUT2D eigenvalue weighted by Crippen LogP contribution is -2.33. The Morgan fingerprint density at radius 2 is 2.46 bits per heavy atom. The number of aliphatic hydroxyl groups excluding tert-OH is 1. The van der Waals surface area contributed by atoms with E-state index in [9.17, 15) is 4.79 Å². The molecule has 1 aliphatic rings. The Hall–Kier alpha value is -0.650. The molecule has 0 aliphatic carbocycles. The number of hydrogen-bond acceptors (Lipinski definition) is 4. The van der Waals surface area contributed by atoms with Crippen LogP contribution in [0.1, 0.15) is 6.42 Å². The molecule has 1 heterocycles. The molecule has 1 amide bonds. The fourth-order valence-electron chi connectivity index (χ4n) is 1.30. The van der Waals surface area contributed by atoms with E-state index in [-0.39, 0.29) is 18.6 Å². The van der Waals surface area contributed by atoms with Crippen LogP contribution < -0.4 is 5.73 Å². The van der Waals surface area contributed by atoms with Crippen molar-refractivity contribution in [3.8, 4) is 0 Å². The first-order chi connectivity index (χ1) is 6.24. The minimum absolute atomic E-state index is 0.0648. The highest BCUT2D eigenvalue weighted by molar-refractivity contribution is 5.77. The summed E-state index contributed by atoms with van der Waals surface area (Å²) in [7, 11) is 0. The summed E-state index contributed by atoms with van der Waals surface area (Å²) < 4.78 is 4.99. The summed E-state index contributed by atoms with van der Waals surface area (Å²) >= 11 is 0. The average molecular weight is 188 g/mol. The number of nitrogens with two attached hydrogens (primary N) is 1. The molecule has 0 spiro atoms. The van der Waals surface area contributed by atoms with Gasteiger partial charge in [-0.3, -0.25) is 4.79 Å². The normalized spacial score (nSPS) is 22.3. The number of rotatable bonds is 4. The van der Waals surface area contributed by atoms with Gasteiger partial charge in [-0.25, -0.2) is 0 Å². The molecule has 5 nitrogen and oxygen atoms in total. The fourth-order valence-corrected chi connectivity index (χ4v) is 1.30. The summed E-state index contributed by atoms with van der Waals surface area (Å²) in [5, 5.41) is 9.17. The SMILES string of the molecule is NCCOCC(=O)N1CC[C@H](O)C1. The van der Waals surface area contributed by atoms with Crippen LogP contribution in [0.15, 0.2) is 0 Å². The average Bonchev–Trinajstić information content (AvgIpc) is 2.52. The summed E-state index contributed by atoms with van der Waals surface area (Å²) in [6.07, 6.45) is 0.307. The van der Waals surface area contributed by atoms with Crippen molar-refractivity contribution in [3.63, 3.8) is 0 Å². The number of β-amino-alcohol motifs (C(OH)–C–C–N with tert-alkyl or cyclic N) is 1. The number of amides is 1. The lowest BCUT2D eigenvalue weighted by atomic mass is 10.3. The van der Waals surface area contributed by atoms with E-state index >= 15 is 0 Å². The Balaban J connectivity index is 2.16. The third-order valence-corrected chi connectivity index (χ3v) is 2.00. The van der Waals surface area contributed by atoms with Crippen LogP contribution in [-0.4, -0.2) is 54.9 Å². The van der Waals surface area contributed by atoms with Gasteiger partial charge in [0.15, 0.2) is 0 Å². The lowest BCUT2D eigenvalue weighted by molar-refractivity contribution is -0.135. The molecule has 1 rings (SSSR count). The summed E-state index contributed by atoms with van der Waals surface area (Å²) in [5.74, 6) is -0.0648. The first kappa shape index (κ1) is 10.4. The minimum atomic E-state index is -0.363. The van der Waals surface area contributed by atoms with Crippen molar-refractivity contribution in [1.82, 2.24) is 4.90 Å². The molecule has 5 heteroatoms. The molecule has 1 saturated heterocycles. The molecule has 0 saturated carbocycles. The van der Waals surface area contributed by atoms with Gasteiger partial charge in [0.25, 0.3) is 0 Å². The Morgan fingerprint density at radius 3 is 3.00 bits per heavy atom. The molecule has 0 bridgehead atoms. The van der Waals surface area contributed by atoms with Gasteiger partial charge in [-0.2, -0.15) is 0 Å². The molecule has 0 aromatic heterocycles. The van der Waals surface area contributed by atoms with Gasteiger partial charge < -0.3 is 20.5 Å². The van der Waals surface area contributed by atoms with Crippen LogP contribution in [0.2, 0.25) is 0 Å². The summed E-state index contributed by atoms with van der Waals surface area (Å²) in [5.41, 5.74) is 5.20. The summed E-state index contributed by atoms with van der Waals surface area (Å²) in [6, 6.07) is 0. The van der Waals surface area contributed by atoms with E-state index < -0.39 is 0 Å². The van der Waals surface area contributed by atoms with E-state index in [0.717, 1.165) is 0 Å². The van der Waals surface area contributed by atoms with Crippen LogP contribution in [0.5, 0.6) is 0 Å². The molecule has 0 unspecified atom stereocenters. The molecular formula is C8H16N2O3. The first-order valence-electron chi connectivity index (χ1n) is 4.47. The molecular weight excluding hydrogens is 172 g/mol. The maximum absolute atomic E-state index is 11.3. The predicted octanol–water partition coefficient (Wildman–Crippen LogP) is -1.45. The van der Waals surface area contributed by atoms with Gasteiger partial charge in [0, 0.05) is 19.6 Å². The van der Waals surface area contributed by atoms with E-state index in [0.29, 0.717) is 32.7 Å². The van der Waals surface area contributed by atoms with E-state index in [1.807, 2.05) is 0 Å². The Bertz CT molecular complexity index is 175. The summed E-state index contributed by atoms with van der Waals surface area (Å²) in [6.45, 7) is 1.97. The van der Waals surface area contributed by atoms with Gasteiger partial charge in [0.05, 0.1) is 12.7 Å². The van der Waals surface area contributed by atoms with Gasteiger partial charge in [-0.05, 0) is 6.42 Å². The third kappa shape index (κ3) is 3.30. The van der Waals surface area contributed by atoms with Crippen LogP contribution >= 0.6 is 0 Å². The van der Waals surface area contributed by atoms with Gasteiger partial charge in [-0.1, -0.05) is 0 Å². The van der Waals surface area contributed by atoms with Crippen molar-refractivity contribution in [2.24, 2.45) is 5.73 Å². The third-order valence-electron chi connectivity index (χ3n) is 2.00. The van der Waals surface area contributed by atoms with Crippen LogP contribution in [-0.2, 0) is 9.53 Å². The van der Waals surface area contributed by atoms with Crippen LogP contribution in [0.25, 0.3) is 0 Å². The zero-order valence-corrected chi connectivity index (χ0v) is 7.61. The van der Waals surface area contributed by atoms with Crippen molar-refractivity contribution in [2.75, 3.05) is 32.8 Å². The van der Waals surface area contributed by atoms with E-state index in [1.165, 1.54) is 0 Å². The van der Waals surface area contributed by atoms with E-state index in [4.69, 9.17) is 15.6 Å². The minimum Gasteiger partial charge on any atom is -0.391 e. The van der Waals surface area contributed by atoms with Gasteiger partial charge >= 0.3 is 0 Å². The van der Waals surface area contributed by atoms with Crippen molar-refractivity contribution in [1.29, 1.82) is 0 Å². The van der Waals surface area contributed by atoms with Gasteiger partial charge in [0.2, 0.25) is 5.91 Å². The molecule has 0 radical (unpaired) electrons. The van der Waals surface area contributed by atoms with Crippen molar-refractivity contribution in [3.05, 3.63) is 0 Å². The highest BCUT2D eigenvalue weighted by Gasteiger charge is 2.23. The molecule has 3 N–H and O–H groups in total. The number of carbonyl (C=O) groups is 1. The molecule has 1 fully saturated rings. The van der Waals surface area contributed by atoms with Crippen molar-refractivity contribution < 1.29 is 14.6 Å². The van der Waals surface area contributed by atoms with Gasteiger partial charge in [-0.15, -0.1) is 0 Å². The van der Waals surface area contributed by atoms with E-state index in [1.54, 1.807) is 4.90 Å². The Kier molecular flexibility index (Phi) is 4.14. The van der Waals surface area contributed by atoms with E-state index in [2.05, 4.69) is 0 Å². The largest absolute Gasteiger partial charge is 0.391 e. The maximum atomic E-state index is 11.3. The molecule has 76 valence electrons. The second-order valence-corrected chi connectivity index (χ2v) is 3.12. The van der Waals surface area contributed by atoms with Gasteiger partial charge in [0.1, 0.15) is 6.61 Å². The standard InChI is InChI=1S/C8H16N2O3/c9-2-4-13-6-8(12)10-3-1-7(11)5-10/h7,11H,1-6,9H2/t7-/m0/s1. The van der Waals surface area contributed by atoms with Crippen molar-refractivity contribution in [2.45, 2.75) is 12.5 Å². The number of hydrogen-bond donors (Lipinski definition) is 2. The number of ether oxygens (including phenoxy) is 1. The monoisotopic (exact) mass is 188 g/mol. The second kappa shape index (κ2) is 5.16. The number of likely N-dealkylation sites (tertiary alicyclic amines) is 1. The zero-order valence-electron chi connectivity index (χ0n) is 7.61. The molecule has 1 aliphatic heterocycles. The highest BCUT2D eigenvalue weighted by Crippen LogP contribution is 2.08. The van der Waals surface area contributed by atoms with Crippen LogP contribution in [0.3, 0.4) is 0 Å². The smallest absolute Gasteiger partial charge is 0.248 e. The molecule has 13 heavy (non-hydrogen) atoms. The summed E-state index contributed by atoms with van der Waals surface area (Å²) in [4.78, 5) is 12.9. The Labute approximate surface area is 77.5 Å². The Morgan fingerprint density at radius 1 is 1.69 bits per heavy atom. The number of nitrogens with zero attached hydrogens (tertiary/aromatic N) is 1. The quantitative estimate of drug-likeness (QED) is 0.529. The highest BCUT2D eigenvalue weighted by atomic mass is 16.5. The second-order valence-electron chi connectivity index (χ2n) is 3.12. The van der Waals surface area contributed by atoms with Crippen LogP contribution in [0, 0.1) is 0 Å². The molecule has 0 aromatic rings. The predicted molar refractivity (Wildman–Crippen MR) is 47.1 cm³/mol. The number of aliphatic hydroxyl groups is 1.